The fraction of sp³-hybridized carbons (Fsp3) is 0.833. The monoisotopic (exact) mass is 256 g/mol. The molecule has 2 rings (SSSR count). The van der Waals surface area contributed by atoms with Crippen LogP contribution in [0.25, 0.3) is 0 Å². The van der Waals surface area contributed by atoms with Crippen LogP contribution in [0.5, 0.6) is 0 Å². The molecule has 0 unspecified atom stereocenters. The Hall–Kier alpha value is -1.14. The number of aliphatic hydroxyl groups excluding tert-OH is 1. The third-order valence-electron chi connectivity index (χ3n) is 3.63. The molecule has 2 fully saturated rings. The van der Waals surface area contributed by atoms with Gasteiger partial charge in [-0.15, -0.1) is 0 Å². The van der Waals surface area contributed by atoms with Crippen molar-refractivity contribution in [2.45, 2.75) is 31.7 Å². The third-order valence-corrected chi connectivity index (χ3v) is 3.63. The van der Waals surface area contributed by atoms with Crippen molar-refractivity contribution < 1.29 is 19.4 Å². The molecule has 0 radical (unpaired) electrons. The van der Waals surface area contributed by atoms with Gasteiger partial charge in [0.2, 0.25) is 5.91 Å². The minimum atomic E-state index is -0.546. The number of cyclic esters (lactones) is 1. The highest BCUT2D eigenvalue weighted by Gasteiger charge is 2.31. The highest BCUT2D eigenvalue weighted by atomic mass is 16.6. The molecule has 0 spiro atoms. The van der Waals surface area contributed by atoms with Crippen LogP contribution in [0.3, 0.4) is 0 Å². The zero-order valence-electron chi connectivity index (χ0n) is 10.5. The fourth-order valence-electron chi connectivity index (χ4n) is 2.67. The van der Waals surface area contributed by atoms with Gasteiger partial charge in [-0.3, -0.25) is 9.69 Å². The first-order valence-electron chi connectivity index (χ1n) is 6.54. The Labute approximate surface area is 106 Å². The molecule has 0 bridgehead atoms. The van der Waals surface area contributed by atoms with Crippen LogP contribution >= 0.6 is 0 Å². The Bertz CT molecular complexity index is 315. The molecule has 102 valence electrons. The molecule has 1 aliphatic carbocycles. The molecule has 2 aliphatic rings. The topological polar surface area (TPSA) is 70.1 Å². The van der Waals surface area contributed by atoms with Gasteiger partial charge >= 0.3 is 6.09 Å². The molecule has 1 aliphatic heterocycles. The van der Waals surface area contributed by atoms with Gasteiger partial charge in [0.1, 0.15) is 6.61 Å². The summed E-state index contributed by atoms with van der Waals surface area (Å²) in [6.45, 7) is 1.34. The highest BCUT2D eigenvalue weighted by molar-refractivity contribution is 5.94. The lowest BCUT2D eigenvalue weighted by molar-refractivity contribution is -0.129. The Morgan fingerprint density at radius 3 is 2.72 bits per heavy atom. The van der Waals surface area contributed by atoms with Crippen molar-refractivity contribution in [2.24, 2.45) is 0 Å². The summed E-state index contributed by atoms with van der Waals surface area (Å²) in [6, 6.07) is 0.361. The fourth-order valence-corrected chi connectivity index (χ4v) is 2.67. The van der Waals surface area contributed by atoms with Gasteiger partial charge in [-0.2, -0.15) is 0 Å². The summed E-state index contributed by atoms with van der Waals surface area (Å²) in [7, 11) is 0. The zero-order chi connectivity index (χ0) is 13.0. The summed E-state index contributed by atoms with van der Waals surface area (Å²) >= 11 is 0. The maximum atomic E-state index is 12.0. The van der Waals surface area contributed by atoms with E-state index in [4.69, 9.17) is 9.84 Å². The van der Waals surface area contributed by atoms with Crippen LogP contribution < -0.4 is 0 Å². The lowest BCUT2D eigenvalue weighted by Crippen LogP contribution is -2.45. The van der Waals surface area contributed by atoms with Crippen molar-refractivity contribution >= 4 is 12.0 Å². The second-order valence-electron chi connectivity index (χ2n) is 4.79. The van der Waals surface area contributed by atoms with Gasteiger partial charge in [-0.25, -0.2) is 9.69 Å². The van der Waals surface area contributed by atoms with Gasteiger partial charge in [0.15, 0.2) is 0 Å². The lowest BCUT2D eigenvalue weighted by atomic mass is 10.2. The molecule has 1 N–H and O–H groups in total. The third kappa shape index (κ3) is 3.00. The van der Waals surface area contributed by atoms with Crippen molar-refractivity contribution in [2.75, 3.05) is 32.8 Å². The van der Waals surface area contributed by atoms with Crippen molar-refractivity contribution in [3.8, 4) is 0 Å². The number of imide groups is 1. The zero-order valence-corrected chi connectivity index (χ0v) is 10.5. The maximum absolute atomic E-state index is 12.0. The number of carbonyl (C=O) groups excluding carboxylic acids is 2. The number of nitrogens with zero attached hydrogens (tertiary/aromatic N) is 2. The van der Waals surface area contributed by atoms with Crippen LogP contribution in [0.15, 0.2) is 0 Å². The Morgan fingerprint density at radius 2 is 2.17 bits per heavy atom. The van der Waals surface area contributed by atoms with Crippen molar-refractivity contribution in [1.29, 1.82) is 0 Å². The molecule has 1 saturated carbocycles. The minimum absolute atomic E-state index is 0.0359. The maximum Gasteiger partial charge on any atom is 0.416 e. The van der Waals surface area contributed by atoms with Crippen LogP contribution in [-0.4, -0.2) is 65.8 Å². The van der Waals surface area contributed by atoms with Crippen LogP contribution in [0.2, 0.25) is 0 Å². The summed E-state index contributed by atoms with van der Waals surface area (Å²) < 4.78 is 4.75. The van der Waals surface area contributed by atoms with Crippen LogP contribution in [0.1, 0.15) is 25.7 Å². The van der Waals surface area contributed by atoms with E-state index in [2.05, 4.69) is 0 Å². The van der Waals surface area contributed by atoms with Gasteiger partial charge in [0.25, 0.3) is 0 Å². The Morgan fingerprint density at radius 1 is 1.44 bits per heavy atom. The summed E-state index contributed by atoms with van der Waals surface area (Å²) in [5.41, 5.74) is 0. The molecule has 18 heavy (non-hydrogen) atoms. The second kappa shape index (κ2) is 6.15. The summed E-state index contributed by atoms with van der Waals surface area (Å²) in [4.78, 5) is 26.4. The van der Waals surface area contributed by atoms with Gasteiger partial charge in [-0.1, -0.05) is 12.8 Å². The standard InChI is InChI=1S/C12H20N2O4/c15-7-5-13(10-3-1-2-4-10)9-11(16)14-6-8-18-12(14)17/h10,15H,1-9H2. The number of rotatable bonds is 5. The molecule has 0 aromatic heterocycles. The molecule has 6 heteroatoms. The van der Waals surface area contributed by atoms with Crippen molar-refractivity contribution in [3.63, 3.8) is 0 Å². The van der Waals surface area contributed by atoms with E-state index in [1.54, 1.807) is 0 Å². The van der Waals surface area contributed by atoms with E-state index in [0.29, 0.717) is 19.1 Å². The van der Waals surface area contributed by atoms with Crippen LogP contribution in [0, 0.1) is 0 Å². The molecule has 1 saturated heterocycles. The number of ether oxygens (including phenoxy) is 1. The predicted molar refractivity (Wildman–Crippen MR) is 64.0 cm³/mol. The molecule has 1 heterocycles. The number of carbonyl (C=O) groups is 2. The van der Waals surface area contributed by atoms with Crippen molar-refractivity contribution in [1.82, 2.24) is 9.80 Å². The van der Waals surface area contributed by atoms with Crippen LogP contribution in [-0.2, 0) is 9.53 Å². The summed E-state index contributed by atoms with van der Waals surface area (Å²) in [6.07, 6.45) is 3.93. The van der Waals surface area contributed by atoms with E-state index in [-0.39, 0.29) is 25.7 Å². The smallest absolute Gasteiger partial charge is 0.416 e. The van der Waals surface area contributed by atoms with E-state index in [0.717, 1.165) is 17.7 Å². The molecule has 2 amide bonds. The summed E-state index contributed by atoms with van der Waals surface area (Å²) in [5, 5.41) is 9.07. The largest absolute Gasteiger partial charge is 0.447 e. The first-order valence-corrected chi connectivity index (χ1v) is 6.54. The number of hydrogen-bond acceptors (Lipinski definition) is 5. The first kappa shape index (κ1) is 13.3. The predicted octanol–water partition coefficient (Wildman–Crippen LogP) is 0.202. The molecule has 6 nitrogen and oxygen atoms in total. The van der Waals surface area contributed by atoms with Gasteiger partial charge in [0, 0.05) is 12.6 Å². The van der Waals surface area contributed by atoms with Gasteiger partial charge < -0.3 is 9.84 Å². The molecular weight excluding hydrogens is 236 g/mol. The van der Waals surface area contributed by atoms with Crippen LogP contribution in [0.4, 0.5) is 4.79 Å². The minimum Gasteiger partial charge on any atom is -0.447 e. The Kier molecular flexibility index (Phi) is 4.54. The number of amides is 2. The van der Waals surface area contributed by atoms with Crippen molar-refractivity contribution in [3.05, 3.63) is 0 Å². The van der Waals surface area contributed by atoms with E-state index in [9.17, 15) is 9.59 Å². The van der Waals surface area contributed by atoms with E-state index >= 15 is 0 Å². The first-order chi connectivity index (χ1) is 8.72. The summed E-state index contributed by atoms with van der Waals surface area (Å²) in [5.74, 6) is -0.224. The van der Waals surface area contributed by atoms with E-state index in [1.165, 1.54) is 12.8 Å². The lowest BCUT2D eigenvalue weighted by Gasteiger charge is -2.28. The molecule has 0 atom stereocenters. The molecular formula is C12H20N2O4. The average Bonchev–Trinajstić information content (AvgIpc) is 2.98. The highest BCUT2D eigenvalue weighted by Crippen LogP contribution is 2.23. The van der Waals surface area contributed by atoms with E-state index < -0.39 is 6.09 Å². The number of aliphatic hydroxyl groups is 1. The van der Waals surface area contributed by atoms with E-state index in [1.807, 2.05) is 4.90 Å². The second-order valence-corrected chi connectivity index (χ2v) is 4.79. The number of hydrogen-bond donors (Lipinski definition) is 1. The van der Waals surface area contributed by atoms with Gasteiger partial charge in [0.05, 0.1) is 19.7 Å². The van der Waals surface area contributed by atoms with Gasteiger partial charge in [-0.05, 0) is 12.8 Å². The average molecular weight is 256 g/mol. The SMILES string of the molecule is O=C(CN(CCO)C1CCCC1)N1CCOC1=O. The normalized spacial score (nSPS) is 20.8. The Balaban J connectivity index is 1.91. The molecule has 0 aromatic rings. The quantitative estimate of drug-likeness (QED) is 0.761. The molecule has 0 aromatic carbocycles.